The first-order valence-corrected chi connectivity index (χ1v) is 5.15. The summed E-state index contributed by atoms with van der Waals surface area (Å²) in [5.41, 5.74) is -1.74. The van der Waals surface area contributed by atoms with Gasteiger partial charge < -0.3 is 14.2 Å². The smallest absolute Gasteiger partial charge is 0.384 e. The summed E-state index contributed by atoms with van der Waals surface area (Å²) in [5.74, 6) is 4.17. The molecule has 0 rings (SSSR count). The van der Waals surface area contributed by atoms with Crippen LogP contribution in [0.25, 0.3) is 0 Å². The summed E-state index contributed by atoms with van der Waals surface area (Å²) in [4.78, 5) is 34.4. The van der Waals surface area contributed by atoms with E-state index in [1.165, 1.54) is 0 Å². The summed E-state index contributed by atoms with van der Waals surface area (Å²) >= 11 is 0. The average molecular weight is 266 g/mol. The second-order valence-electron chi connectivity index (χ2n) is 3.42. The summed E-state index contributed by atoms with van der Waals surface area (Å²) in [6, 6.07) is 0. The number of ether oxygens (including phenoxy) is 3. The van der Waals surface area contributed by atoms with E-state index in [0.29, 0.717) is 0 Å². The van der Waals surface area contributed by atoms with Crippen molar-refractivity contribution in [1.82, 2.24) is 0 Å². The molecule has 0 N–H and O–H groups in total. The van der Waals surface area contributed by atoms with Gasteiger partial charge in [-0.1, -0.05) is 5.92 Å². The molecule has 0 aliphatic rings. The van der Waals surface area contributed by atoms with E-state index in [4.69, 9.17) is 6.42 Å². The molecule has 19 heavy (non-hydrogen) atoms. The lowest BCUT2D eigenvalue weighted by Crippen LogP contribution is -2.40. The molecule has 0 amide bonds. The van der Waals surface area contributed by atoms with E-state index < -0.39 is 23.3 Å². The second kappa shape index (κ2) is 7.78. The van der Waals surface area contributed by atoms with Crippen LogP contribution in [0.4, 0.5) is 0 Å². The highest BCUT2D eigenvalue weighted by Crippen LogP contribution is 2.29. The Morgan fingerprint density at radius 3 is 1.89 bits per heavy atom. The van der Waals surface area contributed by atoms with Gasteiger partial charge in [-0.2, -0.15) is 0 Å². The van der Waals surface area contributed by atoms with Crippen LogP contribution in [0.2, 0.25) is 0 Å². The molecule has 0 saturated heterocycles. The minimum Gasteiger partial charge on any atom is -0.468 e. The van der Waals surface area contributed by atoms with E-state index in [-0.39, 0.29) is 12.8 Å². The molecule has 6 heteroatoms. The van der Waals surface area contributed by atoms with E-state index in [9.17, 15) is 14.4 Å². The first-order valence-electron chi connectivity index (χ1n) is 5.15. The van der Waals surface area contributed by atoms with Crippen molar-refractivity contribution in [1.29, 1.82) is 0 Å². The van der Waals surface area contributed by atoms with Crippen molar-refractivity contribution in [3.05, 3.63) is 0 Å². The zero-order chi connectivity index (χ0) is 14.9. The number of carbonyl (C=O) groups excluding carboxylic acids is 3. The number of esters is 3. The van der Waals surface area contributed by atoms with Crippen LogP contribution in [0.15, 0.2) is 0 Å². The van der Waals surface area contributed by atoms with Crippen LogP contribution >= 0.6 is 0 Å². The first-order chi connectivity index (χ1) is 8.98. The molecular formula is C13H14O6. The fraction of sp³-hybridized carbons (Fsp3) is 0.462. The fourth-order valence-electron chi connectivity index (χ4n) is 1.32. The van der Waals surface area contributed by atoms with Gasteiger partial charge in [0.15, 0.2) is 5.41 Å². The first kappa shape index (κ1) is 16.5. The van der Waals surface area contributed by atoms with Crippen LogP contribution in [0.5, 0.6) is 0 Å². The molecule has 0 aromatic carbocycles. The molecule has 0 atom stereocenters. The maximum atomic E-state index is 11.8. The lowest BCUT2D eigenvalue weighted by Gasteiger charge is -2.23. The third kappa shape index (κ3) is 4.04. The van der Waals surface area contributed by atoms with Crippen LogP contribution in [0.3, 0.4) is 0 Å². The molecule has 0 aromatic heterocycles. The summed E-state index contributed by atoms with van der Waals surface area (Å²) in [5, 5.41) is 0. The van der Waals surface area contributed by atoms with Crippen molar-refractivity contribution in [2.24, 2.45) is 5.41 Å². The molecule has 0 saturated carbocycles. The Hall–Kier alpha value is -2.47. The van der Waals surface area contributed by atoms with Crippen LogP contribution in [0, 0.1) is 29.6 Å². The van der Waals surface area contributed by atoms with Gasteiger partial charge in [-0.05, 0) is 0 Å². The normalized spacial score (nSPS) is 9.37. The molecule has 0 aliphatic carbocycles. The van der Waals surface area contributed by atoms with Crippen LogP contribution in [0.1, 0.15) is 12.8 Å². The fourth-order valence-corrected chi connectivity index (χ4v) is 1.32. The third-order valence-electron chi connectivity index (χ3n) is 2.32. The highest BCUT2D eigenvalue weighted by atomic mass is 16.5. The molecule has 102 valence electrons. The Balaban J connectivity index is 5.39. The standard InChI is InChI=1S/C13H14O6/c1-5-8-13(11(15)18-3,12(16)19-4)9-6-7-10(14)17-2/h1H,8-9H2,2-4H3. The van der Waals surface area contributed by atoms with E-state index >= 15 is 0 Å². The van der Waals surface area contributed by atoms with Crippen molar-refractivity contribution in [3.63, 3.8) is 0 Å². The lowest BCUT2D eigenvalue weighted by molar-refractivity contribution is -0.168. The van der Waals surface area contributed by atoms with Gasteiger partial charge in [-0.25, -0.2) is 4.79 Å². The number of carbonyl (C=O) groups is 3. The molecule has 0 unspecified atom stereocenters. The minimum atomic E-state index is -1.74. The van der Waals surface area contributed by atoms with Gasteiger partial charge in [0.05, 0.1) is 21.3 Å². The van der Waals surface area contributed by atoms with Crippen molar-refractivity contribution < 1.29 is 28.6 Å². The topological polar surface area (TPSA) is 78.9 Å². The number of terminal acetylenes is 1. The van der Waals surface area contributed by atoms with Gasteiger partial charge in [-0.3, -0.25) is 9.59 Å². The highest BCUT2D eigenvalue weighted by molar-refractivity contribution is 6.01. The average Bonchev–Trinajstić information content (AvgIpc) is 2.44. The maximum absolute atomic E-state index is 11.8. The Morgan fingerprint density at radius 1 is 1.00 bits per heavy atom. The van der Waals surface area contributed by atoms with E-state index in [1.54, 1.807) is 0 Å². The van der Waals surface area contributed by atoms with Gasteiger partial charge >= 0.3 is 17.9 Å². The molecule has 0 fully saturated rings. The van der Waals surface area contributed by atoms with Crippen molar-refractivity contribution in [3.8, 4) is 24.2 Å². The third-order valence-corrected chi connectivity index (χ3v) is 2.32. The Kier molecular flexibility index (Phi) is 6.77. The van der Waals surface area contributed by atoms with Crippen molar-refractivity contribution in [2.75, 3.05) is 21.3 Å². The summed E-state index contributed by atoms with van der Waals surface area (Å²) in [6.07, 6.45) is 4.60. The van der Waals surface area contributed by atoms with Crippen molar-refractivity contribution in [2.45, 2.75) is 12.8 Å². The number of methoxy groups -OCH3 is 3. The predicted octanol–water partition coefficient (Wildman–Crippen LogP) is -0.0914. The zero-order valence-electron chi connectivity index (χ0n) is 10.9. The highest BCUT2D eigenvalue weighted by Gasteiger charge is 2.47. The van der Waals surface area contributed by atoms with E-state index in [2.05, 4.69) is 32.0 Å². The number of hydrogen-bond donors (Lipinski definition) is 0. The van der Waals surface area contributed by atoms with E-state index in [0.717, 1.165) is 21.3 Å². The van der Waals surface area contributed by atoms with Gasteiger partial charge in [0, 0.05) is 18.8 Å². The molecular weight excluding hydrogens is 252 g/mol. The van der Waals surface area contributed by atoms with Gasteiger partial charge in [0.1, 0.15) is 0 Å². The quantitative estimate of drug-likeness (QED) is 0.233. The zero-order valence-corrected chi connectivity index (χ0v) is 10.9. The summed E-state index contributed by atoms with van der Waals surface area (Å²) in [6.45, 7) is 0. The number of rotatable bonds is 4. The summed E-state index contributed by atoms with van der Waals surface area (Å²) < 4.78 is 13.4. The monoisotopic (exact) mass is 266 g/mol. The molecule has 0 aliphatic heterocycles. The minimum absolute atomic E-state index is 0.248. The van der Waals surface area contributed by atoms with Gasteiger partial charge in [0.25, 0.3) is 0 Å². The molecule has 0 spiro atoms. The molecule has 0 bridgehead atoms. The molecule has 0 radical (unpaired) electrons. The number of hydrogen-bond acceptors (Lipinski definition) is 6. The summed E-state index contributed by atoms with van der Waals surface area (Å²) in [7, 11) is 3.39. The Bertz CT molecular complexity index is 444. The van der Waals surface area contributed by atoms with Crippen LogP contribution in [-0.2, 0) is 28.6 Å². The van der Waals surface area contributed by atoms with Crippen molar-refractivity contribution >= 4 is 17.9 Å². The Morgan fingerprint density at radius 2 is 1.53 bits per heavy atom. The SMILES string of the molecule is C#CCC(CC#CC(=O)OC)(C(=O)OC)C(=O)OC. The molecule has 6 nitrogen and oxygen atoms in total. The Labute approximate surface area is 111 Å². The van der Waals surface area contributed by atoms with Gasteiger partial charge in [0.2, 0.25) is 0 Å². The molecule has 0 heterocycles. The molecule has 0 aromatic rings. The van der Waals surface area contributed by atoms with Gasteiger partial charge in [-0.15, -0.1) is 12.3 Å². The maximum Gasteiger partial charge on any atom is 0.384 e. The van der Waals surface area contributed by atoms with Crippen LogP contribution in [-0.4, -0.2) is 39.2 Å². The predicted molar refractivity (Wildman–Crippen MR) is 64.3 cm³/mol. The second-order valence-corrected chi connectivity index (χ2v) is 3.42. The lowest BCUT2D eigenvalue weighted by atomic mass is 9.81. The largest absolute Gasteiger partial charge is 0.468 e. The van der Waals surface area contributed by atoms with E-state index in [1.807, 2.05) is 0 Å². The van der Waals surface area contributed by atoms with Crippen LogP contribution < -0.4 is 0 Å².